The molecule has 0 radical (unpaired) electrons. The lowest BCUT2D eigenvalue weighted by molar-refractivity contribution is 0.0978. The van der Waals surface area contributed by atoms with Crippen LogP contribution in [-0.2, 0) is 14.8 Å². The normalized spacial score (nSPS) is 20.1. The van der Waals surface area contributed by atoms with Crippen molar-refractivity contribution in [2.45, 2.75) is 23.8 Å². The van der Waals surface area contributed by atoms with Crippen molar-refractivity contribution in [3.05, 3.63) is 24.0 Å². The second-order valence-electron chi connectivity index (χ2n) is 4.61. The van der Waals surface area contributed by atoms with Gasteiger partial charge in [0.25, 0.3) is 0 Å². The molecule has 2 N–H and O–H groups in total. The number of hydrogen-bond donors (Lipinski definition) is 1. The molecule has 106 valence electrons. The fourth-order valence-electron chi connectivity index (χ4n) is 2.07. The van der Waals surface area contributed by atoms with Gasteiger partial charge in [0, 0.05) is 25.9 Å². The average molecular weight is 288 g/mol. The molecule has 0 saturated carbocycles. The molecule has 0 bridgehead atoms. The van der Waals surface area contributed by atoms with Crippen molar-refractivity contribution in [3.8, 4) is 0 Å². The number of hydrogen-bond acceptors (Lipinski definition) is 4. The fourth-order valence-corrected chi connectivity index (χ4v) is 3.31. The largest absolute Gasteiger partial charge is 0.399 e. The molecule has 2 rings (SSSR count). The first-order chi connectivity index (χ1) is 8.91. The Kier molecular flexibility index (Phi) is 4.07. The maximum Gasteiger partial charge on any atom is 0.245 e. The van der Waals surface area contributed by atoms with Crippen LogP contribution in [-0.4, -0.2) is 39.0 Å². The van der Waals surface area contributed by atoms with E-state index in [4.69, 9.17) is 10.5 Å². The number of nitrogens with two attached hydrogens (primary N) is 1. The number of benzene rings is 1. The molecule has 1 unspecified atom stereocenters. The molecule has 1 aromatic rings. The smallest absolute Gasteiger partial charge is 0.245 e. The Labute approximate surface area is 112 Å². The molecule has 5 nitrogen and oxygen atoms in total. The zero-order valence-electron chi connectivity index (χ0n) is 10.7. The van der Waals surface area contributed by atoms with Gasteiger partial charge >= 0.3 is 0 Å². The summed E-state index contributed by atoms with van der Waals surface area (Å²) in [7, 11) is -2.43. The Morgan fingerprint density at radius 3 is 2.84 bits per heavy atom. The Hall–Kier alpha value is -1.18. The van der Waals surface area contributed by atoms with E-state index in [-0.39, 0.29) is 23.2 Å². The van der Waals surface area contributed by atoms with Gasteiger partial charge in [-0.2, -0.15) is 4.31 Å². The van der Waals surface area contributed by atoms with Crippen molar-refractivity contribution < 1.29 is 17.5 Å². The molecule has 0 amide bonds. The van der Waals surface area contributed by atoms with Crippen LogP contribution in [0.4, 0.5) is 10.1 Å². The highest BCUT2D eigenvalue weighted by Gasteiger charge is 2.28. The zero-order chi connectivity index (χ0) is 14.0. The monoisotopic (exact) mass is 288 g/mol. The van der Waals surface area contributed by atoms with E-state index in [9.17, 15) is 12.8 Å². The molecule has 0 aliphatic carbocycles. The third kappa shape index (κ3) is 3.05. The van der Waals surface area contributed by atoms with E-state index in [0.29, 0.717) is 6.61 Å². The Morgan fingerprint density at radius 1 is 1.53 bits per heavy atom. The second-order valence-corrected chi connectivity index (χ2v) is 6.62. The lowest BCUT2D eigenvalue weighted by atomic mass is 10.2. The van der Waals surface area contributed by atoms with Gasteiger partial charge in [0.05, 0.1) is 6.10 Å². The first-order valence-corrected chi connectivity index (χ1v) is 7.48. The minimum absolute atomic E-state index is 0.114. The summed E-state index contributed by atoms with van der Waals surface area (Å²) in [5.74, 6) is -0.834. The Balaban J connectivity index is 2.20. The predicted molar refractivity (Wildman–Crippen MR) is 69.6 cm³/mol. The molecule has 19 heavy (non-hydrogen) atoms. The Bertz CT molecular complexity index is 556. The summed E-state index contributed by atoms with van der Waals surface area (Å²) in [6, 6.07) is 3.56. The van der Waals surface area contributed by atoms with Crippen molar-refractivity contribution in [1.82, 2.24) is 4.31 Å². The van der Waals surface area contributed by atoms with Gasteiger partial charge in [-0.1, -0.05) is 0 Å². The van der Waals surface area contributed by atoms with Crippen LogP contribution in [0.2, 0.25) is 0 Å². The SMILES string of the molecule is CN(CC1CCCO1)S(=O)(=O)c1ccc(N)cc1F. The summed E-state index contributed by atoms with van der Waals surface area (Å²) in [6.07, 6.45) is 1.63. The number of sulfonamides is 1. The van der Waals surface area contributed by atoms with E-state index >= 15 is 0 Å². The molecule has 1 fully saturated rings. The first kappa shape index (κ1) is 14.2. The van der Waals surface area contributed by atoms with E-state index < -0.39 is 15.8 Å². The molecule has 1 saturated heterocycles. The molecule has 1 aliphatic heterocycles. The number of rotatable bonds is 4. The Morgan fingerprint density at radius 2 is 2.26 bits per heavy atom. The van der Waals surface area contributed by atoms with Crippen LogP contribution < -0.4 is 5.73 Å². The van der Waals surface area contributed by atoms with Crippen LogP contribution in [0.3, 0.4) is 0 Å². The molecule has 1 aliphatic rings. The summed E-state index contributed by atoms with van der Waals surface area (Å²) >= 11 is 0. The number of nitrogens with zero attached hydrogens (tertiary/aromatic N) is 1. The molecule has 7 heteroatoms. The fraction of sp³-hybridized carbons (Fsp3) is 0.500. The van der Waals surface area contributed by atoms with Crippen LogP contribution in [0, 0.1) is 5.82 Å². The third-order valence-corrected chi connectivity index (χ3v) is 4.99. The van der Waals surface area contributed by atoms with Gasteiger partial charge in [-0.15, -0.1) is 0 Å². The lowest BCUT2D eigenvalue weighted by Gasteiger charge is -2.20. The molecule has 0 spiro atoms. The first-order valence-electron chi connectivity index (χ1n) is 6.04. The topological polar surface area (TPSA) is 72.6 Å². The maximum absolute atomic E-state index is 13.7. The van der Waals surface area contributed by atoms with Crippen molar-refractivity contribution >= 4 is 15.7 Å². The quantitative estimate of drug-likeness (QED) is 0.845. The standard InChI is InChI=1S/C12H17FN2O3S/c1-15(8-10-3-2-6-18-10)19(16,17)12-5-4-9(14)7-11(12)13/h4-5,7,10H,2-3,6,8,14H2,1H3. The minimum atomic E-state index is -3.85. The van der Waals surface area contributed by atoms with Gasteiger partial charge in [-0.05, 0) is 31.0 Å². The maximum atomic E-state index is 13.7. The summed E-state index contributed by atoms with van der Waals surface area (Å²) in [5.41, 5.74) is 5.60. The van der Waals surface area contributed by atoms with Gasteiger partial charge < -0.3 is 10.5 Å². The summed E-state index contributed by atoms with van der Waals surface area (Å²) < 4.78 is 44.7. The van der Waals surface area contributed by atoms with Crippen LogP contribution in [0.1, 0.15) is 12.8 Å². The van der Waals surface area contributed by atoms with Crippen LogP contribution in [0.25, 0.3) is 0 Å². The number of likely N-dealkylation sites (N-methyl/N-ethyl adjacent to an activating group) is 1. The molecular formula is C12H17FN2O3S. The van der Waals surface area contributed by atoms with E-state index in [2.05, 4.69) is 0 Å². The van der Waals surface area contributed by atoms with Gasteiger partial charge in [-0.25, -0.2) is 12.8 Å². The molecule has 1 aromatic carbocycles. The summed E-state index contributed by atoms with van der Waals surface area (Å²) in [6.45, 7) is 0.876. The van der Waals surface area contributed by atoms with E-state index in [1.54, 1.807) is 0 Å². The van der Waals surface area contributed by atoms with Crippen LogP contribution >= 0.6 is 0 Å². The third-order valence-electron chi connectivity index (χ3n) is 3.13. The number of nitrogen functional groups attached to an aromatic ring is 1. The van der Waals surface area contributed by atoms with Crippen molar-refractivity contribution in [2.24, 2.45) is 0 Å². The van der Waals surface area contributed by atoms with Gasteiger partial charge in [0.15, 0.2) is 0 Å². The summed E-state index contributed by atoms with van der Waals surface area (Å²) in [5, 5.41) is 0. The van der Waals surface area contributed by atoms with E-state index in [1.807, 2.05) is 0 Å². The van der Waals surface area contributed by atoms with Crippen molar-refractivity contribution in [1.29, 1.82) is 0 Å². The number of ether oxygens (including phenoxy) is 1. The average Bonchev–Trinajstić information content (AvgIpc) is 2.81. The van der Waals surface area contributed by atoms with Crippen LogP contribution in [0.15, 0.2) is 23.1 Å². The molecule has 1 atom stereocenters. The highest BCUT2D eigenvalue weighted by atomic mass is 32.2. The van der Waals surface area contributed by atoms with Gasteiger partial charge in [-0.3, -0.25) is 0 Å². The zero-order valence-corrected chi connectivity index (χ0v) is 11.5. The van der Waals surface area contributed by atoms with Crippen molar-refractivity contribution in [2.75, 3.05) is 25.9 Å². The van der Waals surface area contributed by atoms with Gasteiger partial charge in [0.2, 0.25) is 10.0 Å². The molecular weight excluding hydrogens is 271 g/mol. The van der Waals surface area contributed by atoms with Gasteiger partial charge in [0.1, 0.15) is 10.7 Å². The number of halogens is 1. The molecule has 0 aromatic heterocycles. The number of anilines is 1. The highest BCUT2D eigenvalue weighted by Crippen LogP contribution is 2.22. The van der Waals surface area contributed by atoms with Crippen molar-refractivity contribution in [3.63, 3.8) is 0 Å². The predicted octanol–water partition coefficient (Wildman–Crippen LogP) is 1.21. The van der Waals surface area contributed by atoms with E-state index in [1.165, 1.54) is 19.2 Å². The lowest BCUT2D eigenvalue weighted by Crippen LogP contribution is -2.34. The second kappa shape index (κ2) is 5.44. The minimum Gasteiger partial charge on any atom is -0.399 e. The van der Waals surface area contributed by atoms with Crippen LogP contribution in [0.5, 0.6) is 0 Å². The van der Waals surface area contributed by atoms with E-state index in [0.717, 1.165) is 23.2 Å². The summed E-state index contributed by atoms with van der Waals surface area (Å²) in [4.78, 5) is -0.359. The molecule has 1 heterocycles. The highest BCUT2D eigenvalue weighted by molar-refractivity contribution is 7.89.